The predicted octanol–water partition coefficient (Wildman–Crippen LogP) is 5.75. The second-order valence-electron chi connectivity index (χ2n) is 12.6. The molecular weight excluding hydrogens is 607 g/mol. The van der Waals surface area contributed by atoms with Gasteiger partial charge in [0.2, 0.25) is 11.8 Å². The molecule has 228 valence electrons. The Labute approximate surface area is 268 Å². The summed E-state index contributed by atoms with van der Waals surface area (Å²) in [5.74, 6) is -0.592. The van der Waals surface area contributed by atoms with Gasteiger partial charge in [-0.15, -0.1) is 11.8 Å². The van der Waals surface area contributed by atoms with E-state index in [1.54, 1.807) is 11.8 Å². The van der Waals surface area contributed by atoms with Crippen LogP contribution in [0.3, 0.4) is 0 Å². The lowest BCUT2D eigenvalue weighted by Crippen LogP contribution is -2.42. The monoisotopic (exact) mass is 637 g/mol. The Morgan fingerprint density at radius 2 is 1.69 bits per heavy atom. The highest BCUT2D eigenvalue weighted by Gasteiger charge is 2.69. The quantitative estimate of drug-likeness (QED) is 0.261. The Kier molecular flexibility index (Phi) is 6.76. The summed E-state index contributed by atoms with van der Waals surface area (Å²) in [4.78, 5) is 58.4. The number of ether oxygens (including phenoxy) is 1. The average Bonchev–Trinajstić information content (AvgIpc) is 3.75. The number of H-pyrrole nitrogens is 1. The van der Waals surface area contributed by atoms with E-state index in [1.165, 1.54) is 16.2 Å². The highest BCUT2D eigenvalue weighted by atomic mass is 32.2. The van der Waals surface area contributed by atoms with Crippen molar-refractivity contribution in [3.05, 3.63) is 104 Å². The van der Waals surface area contributed by atoms with E-state index in [1.807, 2.05) is 86.6 Å². The van der Waals surface area contributed by atoms with Crippen molar-refractivity contribution in [3.8, 4) is 5.75 Å². The van der Waals surface area contributed by atoms with E-state index in [0.717, 1.165) is 33.0 Å². The molecule has 4 aromatic rings. The highest BCUT2D eigenvalue weighted by Crippen LogP contribution is 2.68. The summed E-state index contributed by atoms with van der Waals surface area (Å²) in [7, 11) is 0. The van der Waals surface area contributed by atoms with Crippen LogP contribution in [0.4, 0.5) is 11.4 Å². The van der Waals surface area contributed by atoms with E-state index >= 15 is 0 Å². The number of rotatable bonds is 6. The number of imide groups is 1. The molecule has 2 aliphatic carbocycles. The molecule has 3 aromatic carbocycles. The van der Waals surface area contributed by atoms with Crippen LogP contribution in [0, 0.1) is 43.4 Å². The Balaban J connectivity index is 1.09. The van der Waals surface area contributed by atoms with Gasteiger partial charge in [-0.05, 0) is 85.5 Å². The smallest absolute Gasteiger partial charge is 0.305 e. The number of aromatic nitrogens is 1. The summed E-state index contributed by atoms with van der Waals surface area (Å²) < 4.78 is 5.95. The minimum Gasteiger partial charge on any atom is -0.484 e. The lowest BCUT2D eigenvalue weighted by atomic mass is 9.68. The zero-order valence-electron chi connectivity index (χ0n) is 24.7. The first kappa shape index (κ1) is 28.3. The molecule has 2 aliphatic heterocycles. The number of anilines is 2. The molecule has 4 aliphatic rings. The van der Waals surface area contributed by atoms with E-state index in [4.69, 9.17) is 4.74 Å². The van der Waals surface area contributed by atoms with Crippen LogP contribution < -0.4 is 19.8 Å². The lowest BCUT2D eigenvalue weighted by Gasteiger charge is -2.43. The maximum absolute atomic E-state index is 14.0. The van der Waals surface area contributed by atoms with Crippen LogP contribution in [0.5, 0.6) is 5.75 Å². The zero-order valence-corrected chi connectivity index (χ0v) is 26.3. The molecule has 2 saturated carbocycles. The van der Waals surface area contributed by atoms with E-state index in [2.05, 4.69) is 10.3 Å². The Morgan fingerprint density at radius 1 is 0.933 bits per heavy atom. The first-order valence-electron chi connectivity index (χ1n) is 15.2. The number of thioether (sulfide) groups is 1. The fourth-order valence-corrected chi connectivity index (χ4v) is 11.1. The van der Waals surface area contributed by atoms with Crippen molar-refractivity contribution >= 4 is 52.2 Å². The fraction of sp³-hybridized carbons (Fsp3) is 0.314. The molecule has 0 unspecified atom stereocenters. The summed E-state index contributed by atoms with van der Waals surface area (Å²) in [5, 5.41) is 3.83. The Morgan fingerprint density at radius 3 is 2.47 bits per heavy atom. The number of hydrogen-bond donors (Lipinski definition) is 2. The third-order valence-corrected chi connectivity index (χ3v) is 12.5. The first-order chi connectivity index (χ1) is 21.8. The van der Waals surface area contributed by atoms with Gasteiger partial charge in [0.05, 0.1) is 22.5 Å². The van der Waals surface area contributed by atoms with Crippen LogP contribution in [0.2, 0.25) is 0 Å². The van der Waals surface area contributed by atoms with E-state index < -0.39 is 0 Å². The fourth-order valence-electron chi connectivity index (χ4n) is 8.20. The van der Waals surface area contributed by atoms with Crippen molar-refractivity contribution in [2.45, 2.75) is 36.5 Å². The van der Waals surface area contributed by atoms with Gasteiger partial charge in [0, 0.05) is 21.7 Å². The molecule has 3 fully saturated rings. The second kappa shape index (κ2) is 10.7. The van der Waals surface area contributed by atoms with Crippen molar-refractivity contribution < 1.29 is 19.1 Å². The third kappa shape index (κ3) is 4.65. The van der Waals surface area contributed by atoms with Gasteiger partial charge in [0.1, 0.15) is 5.75 Å². The van der Waals surface area contributed by atoms with Gasteiger partial charge in [-0.2, -0.15) is 0 Å². The third-order valence-electron chi connectivity index (χ3n) is 9.91. The van der Waals surface area contributed by atoms with Crippen molar-refractivity contribution in [1.82, 2.24) is 4.98 Å². The van der Waals surface area contributed by atoms with Gasteiger partial charge in [-0.25, -0.2) is 0 Å². The molecule has 10 heteroatoms. The van der Waals surface area contributed by atoms with Crippen LogP contribution in [0.15, 0.2) is 82.6 Å². The normalized spacial score (nSPS) is 27.7. The van der Waals surface area contributed by atoms with Crippen LogP contribution in [0.1, 0.15) is 33.9 Å². The molecule has 0 radical (unpaired) electrons. The number of nitrogens with one attached hydrogen (secondary N) is 2. The molecule has 1 aromatic heterocycles. The van der Waals surface area contributed by atoms with E-state index in [9.17, 15) is 19.2 Å². The number of aryl methyl sites for hydroxylation is 2. The number of benzene rings is 3. The topological polar surface area (TPSA) is 109 Å². The molecule has 2 bridgehead atoms. The van der Waals surface area contributed by atoms with Gasteiger partial charge in [0.15, 0.2) is 6.61 Å². The summed E-state index contributed by atoms with van der Waals surface area (Å²) >= 11 is 2.89. The Hall–Kier alpha value is -4.15. The number of carbonyl (C=O) groups excluding carboxylic acids is 3. The van der Waals surface area contributed by atoms with Gasteiger partial charge in [0.25, 0.3) is 5.91 Å². The van der Waals surface area contributed by atoms with Crippen molar-refractivity contribution in [3.63, 3.8) is 0 Å². The summed E-state index contributed by atoms with van der Waals surface area (Å²) in [5.41, 5.74) is 4.45. The van der Waals surface area contributed by atoms with Gasteiger partial charge in [-0.1, -0.05) is 53.3 Å². The van der Waals surface area contributed by atoms with Crippen LogP contribution in [0.25, 0.3) is 0 Å². The number of amides is 3. The average molecular weight is 638 g/mol. The first-order valence-corrected chi connectivity index (χ1v) is 16.9. The summed E-state index contributed by atoms with van der Waals surface area (Å²) in [6.07, 6.45) is 0.821. The molecule has 1 saturated heterocycles. The molecule has 8 nitrogen and oxygen atoms in total. The van der Waals surface area contributed by atoms with Crippen molar-refractivity contribution in [2.24, 2.45) is 29.6 Å². The molecule has 8 rings (SSSR count). The molecule has 2 N–H and O–H groups in total. The van der Waals surface area contributed by atoms with Crippen molar-refractivity contribution in [2.75, 3.05) is 16.8 Å². The Bertz CT molecular complexity index is 1920. The number of hydrogen-bond acceptors (Lipinski definition) is 7. The molecular formula is C35H31N3O5S2. The maximum atomic E-state index is 14.0. The number of fused-ring (bicyclic) bond motifs is 9. The second-order valence-corrected chi connectivity index (χ2v) is 14.8. The minimum absolute atomic E-state index is 0.0180. The summed E-state index contributed by atoms with van der Waals surface area (Å²) in [6, 6.07) is 22.9. The van der Waals surface area contributed by atoms with Crippen molar-refractivity contribution in [1.29, 1.82) is 0 Å². The lowest BCUT2D eigenvalue weighted by molar-refractivity contribution is -0.123. The predicted molar refractivity (Wildman–Crippen MR) is 174 cm³/mol. The highest BCUT2D eigenvalue weighted by molar-refractivity contribution is 8.00. The number of thiazole rings is 1. The summed E-state index contributed by atoms with van der Waals surface area (Å²) in [6.45, 7) is 3.81. The molecule has 3 heterocycles. The molecule has 45 heavy (non-hydrogen) atoms. The van der Waals surface area contributed by atoms with E-state index in [0.29, 0.717) is 17.1 Å². The standard InChI is InChI=1S/C35H31N3O5S2/c1-17-9-11-21(12-10-17)38-33(40)28-23-15-24(29(28)34(38)41)30-27(23)26(31-32(44-30)37-35(42)45-31)19-6-4-8-22(14-19)43-16-25(39)36-20-7-3-5-18(2)13-20/h3-14,23-24,26-30H,15-16H2,1-2H3,(H,36,39)(H,37,42)/t23-,24-,26+,27-,28+,29+,30-/m1/s1. The van der Waals surface area contributed by atoms with Crippen LogP contribution in [-0.2, 0) is 14.4 Å². The molecule has 0 spiro atoms. The molecule has 3 amide bonds. The van der Waals surface area contributed by atoms with Gasteiger partial charge >= 0.3 is 4.87 Å². The number of carbonyl (C=O) groups is 3. The number of aromatic amines is 1. The van der Waals surface area contributed by atoms with Gasteiger partial charge < -0.3 is 15.0 Å². The minimum atomic E-state index is -0.366. The largest absolute Gasteiger partial charge is 0.484 e. The van der Waals surface area contributed by atoms with Crippen LogP contribution >= 0.6 is 23.1 Å². The maximum Gasteiger partial charge on any atom is 0.305 e. The molecule has 7 atom stereocenters. The SMILES string of the molecule is Cc1ccc(N2C(=O)[C@H]3[C@H]4C[C@@H]([C@@H]3C2=O)[C@@H]2[C@H](c3cccc(OCC(=O)Nc5cccc(C)c5)c3)c3sc(=O)[nH]c3S[C@H]42)cc1. The number of nitrogens with zero attached hydrogens (tertiary/aromatic N) is 1. The zero-order chi connectivity index (χ0) is 31.0. The van der Waals surface area contributed by atoms with Gasteiger partial charge in [-0.3, -0.25) is 24.1 Å². The van der Waals surface area contributed by atoms with E-state index in [-0.39, 0.29) is 70.0 Å². The van der Waals surface area contributed by atoms with Crippen LogP contribution in [-0.4, -0.2) is 34.6 Å².